The Bertz CT molecular complexity index is 1430. The average Bonchev–Trinajstić information content (AvgIpc) is 3.32. The smallest absolute Gasteiger partial charge is 0.211 e. The number of anilines is 2. The van der Waals surface area contributed by atoms with E-state index in [4.69, 9.17) is 9.97 Å². The van der Waals surface area contributed by atoms with Crippen LogP contribution in [0, 0.1) is 0 Å². The van der Waals surface area contributed by atoms with Crippen molar-refractivity contribution in [3.05, 3.63) is 42.7 Å². The van der Waals surface area contributed by atoms with Crippen LogP contribution >= 0.6 is 0 Å². The number of benzene rings is 1. The van der Waals surface area contributed by atoms with Crippen LogP contribution in [-0.2, 0) is 10.0 Å². The highest BCUT2D eigenvalue weighted by Crippen LogP contribution is 2.30. The number of hydrogen-bond donors (Lipinski definition) is 2. The summed E-state index contributed by atoms with van der Waals surface area (Å²) in [6.07, 6.45) is 5.82. The lowest BCUT2D eigenvalue weighted by Gasteiger charge is -2.36. The summed E-state index contributed by atoms with van der Waals surface area (Å²) in [5.41, 5.74) is 2.17. The monoisotopic (exact) mass is 481 g/mol. The van der Waals surface area contributed by atoms with Gasteiger partial charge in [-0.3, -0.25) is 0 Å². The molecule has 4 heterocycles. The van der Waals surface area contributed by atoms with E-state index in [9.17, 15) is 8.42 Å². The Hall–Kier alpha value is -3.38. The third kappa shape index (κ3) is 4.26. The van der Waals surface area contributed by atoms with E-state index in [2.05, 4.69) is 30.2 Å². The third-order valence-corrected chi connectivity index (χ3v) is 7.64. The van der Waals surface area contributed by atoms with E-state index in [1.54, 1.807) is 10.6 Å². The van der Waals surface area contributed by atoms with Gasteiger partial charge in [0.05, 0.1) is 24.1 Å². The molecule has 3 aromatic heterocycles. The van der Waals surface area contributed by atoms with Gasteiger partial charge in [0.25, 0.3) is 0 Å². The average molecular weight is 482 g/mol. The summed E-state index contributed by atoms with van der Waals surface area (Å²) >= 11 is 0. The quantitative estimate of drug-likeness (QED) is 0.426. The first-order chi connectivity index (χ1) is 16.3. The molecule has 178 valence electrons. The maximum Gasteiger partial charge on any atom is 0.211 e. The lowest BCUT2D eigenvalue weighted by atomic mass is 10.0. The molecule has 1 aromatic carbocycles. The van der Waals surface area contributed by atoms with Gasteiger partial charge >= 0.3 is 0 Å². The van der Waals surface area contributed by atoms with Crippen molar-refractivity contribution in [2.45, 2.75) is 31.8 Å². The zero-order valence-corrected chi connectivity index (χ0v) is 20.1. The van der Waals surface area contributed by atoms with Gasteiger partial charge in [0.1, 0.15) is 17.7 Å². The summed E-state index contributed by atoms with van der Waals surface area (Å²) in [6, 6.07) is 7.88. The molecule has 1 saturated heterocycles. The number of nitrogens with zero attached hydrogens (tertiary/aromatic N) is 7. The largest absolute Gasteiger partial charge is 0.358 e. The second-order valence-electron chi connectivity index (χ2n) is 8.61. The van der Waals surface area contributed by atoms with Gasteiger partial charge in [-0.2, -0.15) is 0 Å². The van der Waals surface area contributed by atoms with E-state index in [1.165, 1.54) is 12.6 Å². The molecule has 11 nitrogen and oxygen atoms in total. The highest BCUT2D eigenvalue weighted by molar-refractivity contribution is 7.88. The summed E-state index contributed by atoms with van der Waals surface area (Å²) in [5.74, 6) is 2.08. The Kier molecular flexibility index (Phi) is 5.78. The number of para-hydroxylation sites is 1. The van der Waals surface area contributed by atoms with Gasteiger partial charge in [-0.1, -0.05) is 12.1 Å². The van der Waals surface area contributed by atoms with Crippen LogP contribution in [0.1, 0.15) is 31.6 Å². The zero-order valence-electron chi connectivity index (χ0n) is 19.3. The van der Waals surface area contributed by atoms with Gasteiger partial charge in [0, 0.05) is 31.6 Å². The van der Waals surface area contributed by atoms with Crippen LogP contribution in [0.5, 0.6) is 0 Å². The van der Waals surface area contributed by atoms with Gasteiger partial charge in [-0.15, -0.1) is 0 Å². The SMILES string of the molecule is CC(Nc1ncnc2[nH]cnc12)c1nc(N(C)C2CCN(S(C)(=O)=O)CC2)c2ccccc2n1. The second-order valence-corrected chi connectivity index (χ2v) is 10.6. The van der Waals surface area contributed by atoms with Crippen LogP contribution in [-0.4, -0.2) is 75.1 Å². The summed E-state index contributed by atoms with van der Waals surface area (Å²) < 4.78 is 25.4. The topological polar surface area (TPSA) is 133 Å². The Morgan fingerprint density at radius 3 is 2.68 bits per heavy atom. The molecule has 0 amide bonds. The molecule has 5 rings (SSSR count). The number of nitrogens with one attached hydrogen (secondary N) is 2. The summed E-state index contributed by atoms with van der Waals surface area (Å²) in [4.78, 5) is 27.8. The fraction of sp³-hybridized carbons (Fsp3) is 0.409. The summed E-state index contributed by atoms with van der Waals surface area (Å²) in [6.45, 7) is 3.00. The van der Waals surface area contributed by atoms with Gasteiger partial charge < -0.3 is 15.2 Å². The van der Waals surface area contributed by atoms with Crippen molar-refractivity contribution in [2.75, 3.05) is 36.6 Å². The van der Waals surface area contributed by atoms with Crippen molar-refractivity contribution in [1.82, 2.24) is 34.2 Å². The molecule has 0 saturated carbocycles. The van der Waals surface area contributed by atoms with Gasteiger partial charge in [-0.05, 0) is 31.9 Å². The van der Waals surface area contributed by atoms with E-state index in [-0.39, 0.29) is 12.1 Å². The molecule has 1 aliphatic heterocycles. The molecule has 4 aromatic rings. The van der Waals surface area contributed by atoms with Crippen molar-refractivity contribution in [2.24, 2.45) is 0 Å². The number of piperidine rings is 1. The maximum absolute atomic E-state index is 11.9. The number of imidazole rings is 1. The normalized spacial score (nSPS) is 16.7. The number of aromatic amines is 1. The minimum atomic E-state index is -3.17. The maximum atomic E-state index is 11.9. The number of aromatic nitrogens is 6. The molecular formula is C22H27N9O2S. The summed E-state index contributed by atoms with van der Waals surface area (Å²) in [7, 11) is -1.15. The van der Waals surface area contributed by atoms with Crippen LogP contribution in [0.25, 0.3) is 22.1 Å². The van der Waals surface area contributed by atoms with Gasteiger partial charge in [0.15, 0.2) is 17.3 Å². The van der Waals surface area contributed by atoms with E-state index in [0.717, 1.165) is 29.6 Å². The fourth-order valence-electron chi connectivity index (χ4n) is 4.41. The molecule has 0 radical (unpaired) electrons. The molecule has 0 spiro atoms. The minimum Gasteiger partial charge on any atom is -0.358 e. The molecule has 0 bridgehead atoms. The standard InChI is InChI=1S/C22H27N9O2S/c1-14(27-21-18-20(24-12-23-18)25-13-26-21)19-28-17-7-5-4-6-16(17)22(29-19)30(2)15-8-10-31(11-9-15)34(3,32)33/h4-7,12-15H,8-11H2,1-3H3,(H2,23,24,25,26,27). The Labute approximate surface area is 197 Å². The van der Waals surface area contributed by atoms with Crippen LogP contribution in [0.4, 0.5) is 11.6 Å². The summed E-state index contributed by atoms with van der Waals surface area (Å²) in [5, 5.41) is 4.33. The van der Waals surface area contributed by atoms with E-state index < -0.39 is 10.0 Å². The molecule has 1 fully saturated rings. The van der Waals surface area contributed by atoms with E-state index in [1.807, 2.05) is 38.2 Å². The molecule has 12 heteroatoms. The van der Waals surface area contributed by atoms with E-state index in [0.29, 0.717) is 35.9 Å². The number of hydrogen-bond acceptors (Lipinski definition) is 9. The molecule has 2 N–H and O–H groups in total. The van der Waals surface area contributed by atoms with E-state index >= 15 is 0 Å². The van der Waals surface area contributed by atoms with Gasteiger partial charge in [-0.25, -0.2) is 37.6 Å². The first kappa shape index (κ1) is 22.4. The predicted molar refractivity (Wildman–Crippen MR) is 131 cm³/mol. The molecule has 1 unspecified atom stereocenters. The molecular weight excluding hydrogens is 454 g/mol. The van der Waals surface area contributed by atoms with Crippen molar-refractivity contribution in [1.29, 1.82) is 0 Å². The molecule has 34 heavy (non-hydrogen) atoms. The second kappa shape index (κ2) is 8.76. The number of H-pyrrole nitrogens is 1. The number of rotatable bonds is 6. The van der Waals surface area contributed by atoms with Crippen LogP contribution in [0.2, 0.25) is 0 Å². The molecule has 1 aliphatic rings. The lowest BCUT2D eigenvalue weighted by molar-refractivity contribution is 0.316. The number of fused-ring (bicyclic) bond motifs is 2. The fourth-order valence-corrected chi connectivity index (χ4v) is 5.29. The van der Waals surface area contributed by atoms with Crippen molar-refractivity contribution < 1.29 is 8.42 Å². The van der Waals surface area contributed by atoms with Crippen LogP contribution < -0.4 is 10.2 Å². The molecule has 0 aliphatic carbocycles. The zero-order chi connectivity index (χ0) is 23.9. The van der Waals surface area contributed by atoms with Gasteiger partial charge in [0.2, 0.25) is 10.0 Å². The minimum absolute atomic E-state index is 0.179. The third-order valence-electron chi connectivity index (χ3n) is 6.33. The highest BCUT2D eigenvalue weighted by atomic mass is 32.2. The first-order valence-electron chi connectivity index (χ1n) is 11.2. The Morgan fingerprint density at radius 1 is 1.15 bits per heavy atom. The van der Waals surface area contributed by atoms with Crippen LogP contribution in [0.3, 0.4) is 0 Å². The highest BCUT2D eigenvalue weighted by Gasteiger charge is 2.29. The molecule has 1 atom stereocenters. The Morgan fingerprint density at radius 2 is 1.91 bits per heavy atom. The van der Waals surface area contributed by atoms with Crippen LogP contribution in [0.15, 0.2) is 36.9 Å². The Balaban J connectivity index is 1.45. The van der Waals surface area contributed by atoms with Crippen molar-refractivity contribution in [3.8, 4) is 0 Å². The first-order valence-corrected chi connectivity index (χ1v) is 13.0. The van der Waals surface area contributed by atoms with Crippen molar-refractivity contribution >= 4 is 43.7 Å². The lowest BCUT2D eigenvalue weighted by Crippen LogP contribution is -2.45. The van der Waals surface area contributed by atoms with Crippen molar-refractivity contribution in [3.63, 3.8) is 0 Å². The number of sulfonamides is 1. The predicted octanol–water partition coefficient (Wildman–Crippen LogP) is 2.33.